The van der Waals surface area contributed by atoms with Gasteiger partial charge in [0.15, 0.2) is 5.78 Å². The third kappa shape index (κ3) is 1.45. The molecule has 0 saturated carbocycles. The van der Waals surface area contributed by atoms with Crippen LogP contribution in [0.1, 0.15) is 28.6 Å². The molecule has 0 spiro atoms. The number of ketones is 1. The Morgan fingerprint density at radius 1 is 1.35 bits per heavy atom. The molecule has 0 N–H and O–H groups in total. The molecule has 17 heavy (non-hydrogen) atoms. The second-order valence-corrected chi connectivity index (χ2v) is 4.12. The molecule has 4 heteroatoms. The Kier molecular flexibility index (Phi) is 2.04. The number of Topliss-reactive ketones (excluding diaryl/α,β-unsaturated/α-hetero) is 1. The van der Waals surface area contributed by atoms with Crippen LogP contribution < -0.4 is 5.63 Å². The van der Waals surface area contributed by atoms with Crippen molar-refractivity contribution >= 4 is 5.78 Å². The highest BCUT2D eigenvalue weighted by atomic mass is 16.4. The summed E-state index contributed by atoms with van der Waals surface area (Å²) in [6.45, 7) is 1.37. The van der Waals surface area contributed by atoms with Crippen LogP contribution in [0.2, 0.25) is 0 Å². The molecule has 0 atom stereocenters. The van der Waals surface area contributed by atoms with Gasteiger partial charge in [0.25, 0.3) is 0 Å². The molecule has 0 fully saturated rings. The highest BCUT2D eigenvalue weighted by Crippen LogP contribution is 2.33. The van der Waals surface area contributed by atoms with Crippen LogP contribution in [0.5, 0.6) is 0 Å². The zero-order valence-electron chi connectivity index (χ0n) is 9.28. The second kappa shape index (κ2) is 3.45. The fourth-order valence-corrected chi connectivity index (χ4v) is 2.16. The van der Waals surface area contributed by atoms with E-state index < -0.39 is 5.63 Å². The fourth-order valence-electron chi connectivity index (χ4n) is 2.16. The van der Waals surface area contributed by atoms with E-state index in [0.717, 1.165) is 29.7 Å². The lowest BCUT2D eigenvalue weighted by molar-refractivity contribution is 0.101. The SMILES string of the molecule is CC(=O)c1cc2c(oc1=O)-c1ccoc1CC2. The van der Waals surface area contributed by atoms with Gasteiger partial charge in [0.05, 0.1) is 11.8 Å². The maximum atomic E-state index is 11.6. The Hall–Kier alpha value is -2.10. The van der Waals surface area contributed by atoms with Gasteiger partial charge in [0.2, 0.25) is 0 Å². The van der Waals surface area contributed by atoms with Crippen LogP contribution in [-0.4, -0.2) is 5.78 Å². The Labute approximate surface area is 96.9 Å². The number of hydrogen-bond donors (Lipinski definition) is 0. The molecule has 4 nitrogen and oxygen atoms in total. The minimum absolute atomic E-state index is 0.121. The van der Waals surface area contributed by atoms with E-state index in [1.807, 2.05) is 0 Å². The lowest BCUT2D eigenvalue weighted by Crippen LogP contribution is -2.15. The molecule has 2 aromatic heterocycles. The smallest absolute Gasteiger partial charge is 0.347 e. The zero-order chi connectivity index (χ0) is 12.0. The van der Waals surface area contributed by atoms with Crippen LogP contribution in [0.15, 0.2) is 32.0 Å². The topological polar surface area (TPSA) is 60.4 Å². The molecular formula is C13H10O4. The summed E-state index contributed by atoms with van der Waals surface area (Å²) in [5.41, 5.74) is 1.25. The first kappa shape index (κ1) is 10.1. The number of carbonyl (C=O) groups excluding carboxylic acids is 1. The summed E-state index contributed by atoms with van der Waals surface area (Å²) in [6.07, 6.45) is 3.07. The van der Waals surface area contributed by atoms with E-state index in [0.29, 0.717) is 5.76 Å². The maximum absolute atomic E-state index is 11.6. The van der Waals surface area contributed by atoms with Gasteiger partial charge < -0.3 is 8.83 Å². The first-order valence-electron chi connectivity index (χ1n) is 5.41. The molecule has 0 bridgehead atoms. The van der Waals surface area contributed by atoms with Crippen LogP contribution in [0.25, 0.3) is 11.3 Å². The van der Waals surface area contributed by atoms with Gasteiger partial charge in [-0.15, -0.1) is 0 Å². The van der Waals surface area contributed by atoms with Crippen LogP contribution in [0, 0.1) is 0 Å². The lowest BCUT2D eigenvalue weighted by Gasteiger charge is -2.13. The standard InChI is InChI=1S/C13H10O4/c1-7(14)10-6-8-2-3-11-9(4-5-16-11)12(8)17-13(10)15/h4-6H,2-3H2,1H3. The molecule has 0 amide bonds. The van der Waals surface area contributed by atoms with Crippen molar-refractivity contribution in [3.63, 3.8) is 0 Å². The summed E-state index contributed by atoms with van der Waals surface area (Å²) < 4.78 is 10.5. The minimum atomic E-state index is -0.578. The monoisotopic (exact) mass is 230 g/mol. The Morgan fingerprint density at radius 2 is 2.18 bits per heavy atom. The van der Waals surface area contributed by atoms with E-state index in [2.05, 4.69) is 0 Å². The first-order valence-corrected chi connectivity index (χ1v) is 5.41. The lowest BCUT2D eigenvalue weighted by atomic mass is 9.94. The third-order valence-electron chi connectivity index (χ3n) is 3.02. The number of rotatable bonds is 1. The molecule has 2 heterocycles. The van der Waals surface area contributed by atoms with Gasteiger partial charge in [-0.1, -0.05) is 0 Å². The number of aryl methyl sites for hydroxylation is 2. The summed E-state index contributed by atoms with van der Waals surface area (Å²) in [6, 6.07) is 3.42. The van der Waals surface area contributed by atoms with Crippen molar-refractivity contribution in [3.8, 4) is 11.3 Å². The number of furan rings is 1. The van der Waals surface area contributed by atoms with E-state index in [-0.39, 0.29) is 11.3 Å². The average Bonchev–Trinajstić information content (AvgIpc) is 2.76. The Balaban J connectivity index is 2.27. The summed E-state index contributed by atoms with van der Waals surface area (Å²) in [5, 5.41) is 0. The van der Waals surface area contributed by atoms with Gasteiger partial charge >= 0.3 is 5.63 Å². The van der Waals surface area contributed by atoms with Crippen molar-refractivity contribution in [2.75, 3.05) is 0 Å². The van der Waals surface area contributed by atoms with Gasteiger partial charge in [-0.2, -0.15) is 0 Å². The molecule has 0 unspecified atom stereocenters. The summed E-state index contributed by atoms with van der Waals surface area (Å²) in [5.74, 6) is 1.10. The largest absolute Gasteiger partial charge is 0.469 e. The van der Waals surface area contributed by atoms with Crippen LogP contribution >= 0.6 is 0 Å². The van der Waals surface area contributed by atoms with E-state index in [1.54, 1.807) is 18.4 Å². The predicted octanol–water partition coefficient (Wildman–Crippen LogP) is 2.20. The van der Waals surface area contributed by atoms with Crippen molar-refractivity contribution in [3.05, 3.63) is 45.7 Å². The molecular weight excluding hydrogens is 220 g/mol. The van der Waals surface area contributed by atoms with Crippen LogP contribution in [-0.2, 0) is 12.8 Å². The number of fused-ring (bicyclic) bond motifs is 3. The molecule has 3 rings (SSSR count). The van der Waals surface area contributed by atoms with Gasteiger partial charge in [0, 0.05) is 6.42 Å². The van der Waals surface area contributed by atoms with Crippen molar-refractivity contribution in [2.45, 2.75) is 19.8 Å². The average molecular weight is 230 g/mol. The Morgan fingerprint density at radius 3 is 2.94 bits per heavy atom. The quantitative estimate of drug-likeness (QED) is 0.704. The molecule has 0 radical (unpaired) electrons. The summed E-state index contributed by atoms with van der Waals surface area (Å²) in [4.78, 5) is 22.9. The van der Waals surface area contributed by atoms with E-state index in [9.17, 15) is 9.59 Å². The molecule has 0 saturated heterocycles. The fraction of sp³-hybridized carbons (Fsp3) is 0.231. The van der Waals surface area contributed by atoms with E-state index >= 15 is 0 Å². The normalized spacial score (nSPS) is 13.0. The van der Waals surface area contributed by atoms with Crippen LogP contribution in [0.3, 0.4) is 0 Å². The molecule has 1 aliphatic rings. The van der Waals surface area contributed by atoms with Crippen molar-refractivity contribution in [1.82, 2.24) is 0 Å². The van der Waals surface area contributed by atoms with Crippen molar-refractivity contribution in [2.24, 2.45) is 0 Å². The highest BCUT2D eigenvalue weighted by molar-refractivity contribution is 5.94. The van der Waals surface area contributed by atoms with Gasteiger partial charge in [-0.3, -0.25) is 4.79 Å². The maximum Gasteiger partial charge on any atom is 0.347 e. The van der Waals surface area contributed by atoms with Gasteiger partial charge in [0.1, 0.15) is 17.1 Å². The number of hydrogen-bond acceptors (Lipinski definition) is 4. The van der Waals surface area contributed by atoms with E-state index in [4.69, 9.17) is 8.83 Å². The van der Waals surface area contributed by atoms with Crippen LogP contribution in [0.4, 0.5) is 0 Å². The van der Waals surface area contributed by atoms with Gasteiger partial charge in [-0.05, 0) is 31.0 Å². The molecule has 0 aromatic carbocycles. The number of carbonyl (C=O) groups is 1. The summed E-state index contributed by atoms with van der Waals surface area (Å²) in [7, 11) is 0. The molecule has 86 valence electrons. The third-order valence-corrected chi connectivity index (χ3v) is 3.02. The molecule has 1 aliphatic carbocycles. The summed E-state index contributed by atoms with van der Waals surface area (Å²) >= 11 is 0. The van der Waals surface area contributed by atoms with Crippen molar-refractivity contribution in [1.29, 1.82) is 0 Å². The Bertz CT molecular complexity index is 660. The first-order chi connectivity index (χ1) is 8.16. The molecule has 2 aromatic rings. The highest BCUT2D eigenvalue weighted by Gasteiger charge is 2.23. The zero-order valence-corrected chi connectivity index (χ0v) is 9.28. The minimum Gasteiger partial charge on any atom is -0.469 e. The van der Waals surface area contributed by atoms with Gasteiger partial charge in [-0.25, -0.2) is 4.79 Å². The second-order valence-electron chi connectivity index (χ2n) is 4.12. The van der Waals surface area contributed by atoms with E-state index in [1.165, 1.54) is 6.92 Å². The van der Waals surface area contributed by atoms with Crippen molar-refractivity contribution < 1.29 is 13.6 Å². The molecule has 0 aliphatic heterocycles. The predicted molar refractivity (Wildman–Crippen MR) is 60.1 cm³/mol.